The van der Waals surface area contributed by atoms with E-state index in [-0.39, 0.29) is 12.0 Å². The van der Waals surface area contributed by atoms with Crippen LogP contribution in [0, 0.1) is 0 Å². The molecule has 0 saturated carbocycles. The van der Waals surface area contributed by atoms with Gasteiger partial charge in [0.05, 0.1) is 12.2 Å². The van der Waals surface area contributed by atoms with Crippen molar-refractivity contribution in [2.75, 3.05) is 6.61 Å². The summed E-state index contributed by atoms with van der Waals surface area (Å²) in [5, 5.41) is 3.31. The van der Waals surface area contributed by atoms with Crippen LogP contribution >= 0.6 is 0 Å². The van der Waals surface area contributed by atoms with Crippen molar-refractivity contribution in [2.45, 2.75) is 33.7 Å². The number of hydrogen-bond donors (Lipinski definition) is 1. The molecule has 0 radical (unpaired) electrons. The smallest absolute Gasteiger partial charge is 0.335 e. The number of nitrogens with one attached hydrogen (secondary N) is 1. The summed E-state index contributed by atoms with van der Waals surface area (Å²) in [5.41, 5.74) is 2.66. The molecule has 0 aliphatic rings. The summed E-state index contributed by atoms with van der Waals surface area (Å²) in [6.45, 7) is 7.94. The van der Waals surface area contributed by atoms with E-state index in [0.29, 0.717) is 12.2 Å². The third-order valence-corrected chi connectivity index (χ3v) is 2.88. The average Bonchev–Trinajstić information content (AvgIpc) is 2.39. The van der Waals surface area contributed by atoms with Gasteiger partial charge in [-0.3, -0.25) is 0 Å². The van der Waals surface area contributed by atoms with Crippen LogP contribution in [0.25, 0.3) is 0 Å². The van der Waals surface area contributed by atoms with Crippen molar-refractivity contribution in [2.24, 2.45) is 0 Å². The summed E-state index contributed by atoms with van der Waals surface area (Å²) in [5.74, 6) is -0.261. The van der Waals surface area contributed by atoms with E-state index < -0.39 is 0 Å². The molecule has 0 bridgehead atoms. The molecule has 18 heavy (non-hydrogen) atoms. The van der Waals surface area contributed by atoms with Crippen LogP contribution in [0.4, 0.5) is 0 Å². The first kappa shape index (κ1) is 14.3. The molecule has 0 unspecified atom stereocenters. The Morgan fingerprint density at radius 1 is 1.28 bits per heavy atom. The summed E-state index contributed by atoms with van der Waals surface area (Å²) in [4.78, 5) is 11.6. The van der Waals surface area contributed by atoms with Gasteiger partial charge in [-0.2, -0.15) is 0 Å². The normalized spacial score (nSPS) is 13.6. The molecular formula is C15H21NO2. The standard InChI is InChI=1S/C15H21NO2/c1-5-18-15(17)11(2)12(3)16-13(4)14-9-7-6-8-10-14/h6-10,13,16H,5H2,1-4H3/t13-/m1/s1. The molecule has 0 spiro atoms. The Labute approximate surface area is 109 Å². The molecule has 1 N–H and O–H groups in total. The topological polar surface area (TPSA) is 38.3 Å². The number of rotatable bonds is 5. The van der Waals surface area contributed by atoms with E-state index in [2.05, 4.69) is 24.4 Å². The van der Waals surface area contributed by atoms with E-state index in [1.54, 1.807) is 13.8 Å². The molecule has 3 heteroatoms. The van der Waals surface area contributed by atoms with E-state index in [4.69, 9.17) is 4.74 Å². The van der Waals surface area contributed by atoms with E-state index in [1.807, 2.05) is 25.1 Å². The van der Waals surface area contributed by atoms with Crippen molar-refractivity contribution in [1.29, 1.82) is 0 Å². The molecule has 1 aromatic carbocycles. The van der Waals surface area contributed by atoms with Crippen LogP contribution in [0.2, 0.25) is 0 Å². The van der Waals surface area contributed by atoms with Gasteiger partial charge in [-0.1, -0.05) is 30.3 Å². The lowest BCUT2D eigenvalue weighted by Gasteiger charge is -2.17. The number of ether oxygens (including phenoxy) is 1. The van der Waals surface area contributed by atoms with Crippen molar-refractivity contribution in [3.05, 3.63) is 47.2 Å². The number of esters is 1. The minimum atomic E-state index is -0.261. The molecule has 1 atom stereocenters. The van der Waals surface area contributed by atoms with Crippen molar-refractivity contribution in [3.8, 4) is 0 Å². The largest absolute Gasteiger partial charge is 0.463 e. The third-order valence-electron chi connectivity index (χ3n) is 2.88. The molecule has 3 nitrogen and oxygen atoms in total. The fraction of sp³-hybridized carbons (Fsp3) is 0.400. The molecule has 0 aromatic heterocycles. The van der Waals surface area contributed by atoms with E-state index in [0.717, 1.165) is 5.70 Å². The van der Waals surface area contributed by atoms with Crippen molar-refractivity contribution < 1.29 is 9.53 Å². The van der Waals surface area contributed by atoms with E-state index >= 15 is 0 Å². The zero-order valence-corrected chi connectivity index (χ0v) is 11.5. The molecule has 1 rings (SSSR count). The molecule has 0 heterocycles. The summed E-state index contributed by atoms with van der Waals surface area (Å²) < 4.78 is 4.98. The zero-order valence-electron chi connectivity index (χ0n) is 11.5. The molecule has 0 saturated heterocycles. The fourth-order valence-electron chi connectivity index (χ4n) is 1.65. The maximum Gasteiger partial charge on any atom is 0.335 e. The Balaban J connectivity index is 2.72. The van der Waals surface area contributed by atoms with Gasteiger partial charge in [-0.15, -0.1) is 0 Å². The molecule has 0 aliphatic heterocycles. The van der Waals surface area contributed by atoms with Gasteiger partial charge >= 0.3 is 5.97 Å². The zero-order chi connectivity index (χ0) is 13.5. The predicted molar refractivity (Wildman–Crippen MR) is 73.0 cm³/mol. The van der Waals surface area contributed by atoms with Gasteiger partial charge in [0.15, 0.2) is 0 Å². The number of allylic oxidation sites excluding steroid dienone is 1. The predicted octanol–water partition coefficient (Wildman–Crippen LogP) is 3.19. The molecular weight excluding hydrogens is 226 g/mol. The second-order valence-electron chi connectivity index (χ2n) is 4.25. The quantitative estimate of drug-likeness (QED) is 0.641. The minimum Gasteiger partial charge on any atom is -0.463 e. The highest BCUT2D eigenvalue weighted by Crippen LogP contribution is 2.14. The van der Waals surface area contributed by atoms with Crippen LogP contribution in [0.5, 0.6) is 0 Å². The molecule has 1 aromatic rings. The first-order valence-electron chi connectivity index (χ1n) is 6.22. The Morgan fingerprint density at radius 3 is 2.44 bits per heavy atom. The van der Waals surface area contributed by atoms with Crippen LogP contribution in [0.3, 0.4) is 0 Å². The lowest BCUT2D eigenvalue weighted by molar-refractivity contribution is -0.138. The first-order valence-corrected chi connectivity index (χ1v) is 6.22. The van der Waals surface area contributed by atoms with Gasteiger partial charge in [0.1, 0.15) is 0 Å². The Kier molecular flexibility index (Phi) is 5.43. The molecule has 98 valence electrons. The molecule has 0 aliphatic carbocycles. The summed E-state index contributed by atoms with van der Waals surface area (Å²) >= 11 is 0. The van der Waals surface area contributed by atoms with Crippen LogP contribution in [-0.2, 0) is 9.53 Å². The average molecular weight is 247 g/mol. The summed E-state index contributed by atoms with van der Waals surface area (Å²) in [6, 6.07) is 10.3. The summed E-state index contributed by atoms with van der Waals surface area (Å²) in [6.07, 6.45) is 0. The van der Waals surface area contributed by atoms with Gasteiger partial charge in [0.25, 0.3) is 0 Å². The number of benzene rings is 1. The second kappa shape index (κ2) is 6.84. The molecule has 0 fully saturated rings. The highest BCUT2D eigenvalue weighted by molar-refractivity contribution is 5.88. The maximum absolute atomic E-state index is 11.6. The van der Waals surface area contributed by atoms with Gasteiger partial charge in [0.2, 0.25) is 0 Å². The van der Waals surface area contributed by atoms with Gasteiger partial charge in [-0.25, -0.2) is 4.79 Å². The second-order valence-corrected chi connectivity index (χ2v) is 4.25. The Hall–Kier alpha value is -1.77. The maximum atomic E-state index is 11.6. The number of carbonyl (C=O) groups is 1. The van der Waals surface area contributed by atoms with Crippen LogP contribution < -0.4 is 5.32 Å². The number of hydrogen-bond acceptors (Lipinski definition) is 3. The van der Waals surface area contributed by atoms with Gasteiger partial charge < -0.3 is 10.1 Å². The Bertz CT molecular complexity index is 423. The first-order chi connectivity index (χ1) is 8.56. The minimum absolute atomic E-state index is 0.163. The van der Waals surface area contributed by atoms with Crippen LogP contribution in [0.15, 0.2) is 41.6 Å². The van der Waals surface area contributed by atoms with Crippen molar-refractivity contribution >= 4 is 5.97 Å². The van der Waals surface area contributed by atoms with Crippen molar-refractivity contribution in [1.82, 2.24) is 5.32 Å². The lowest BCUT2D eigenvalue weighted by Crippen LogP contribution is -2.20. The third kappa shape index (κ3) is 3.91. The lowest BCUT2D eigenvalue weighted by atomic mass is 10.1. The van der Waals surface area contributed by atoms with Crippen molar-refractivity contribution in [3.63, 3.8) is 0 Å². The number of carbonyl (C=O) groups excluding carboxylic acids is 1. The van der Waals surface area contributed by atoms with Gasteiger partial charge in [-0.05, 0) is 33.3 Å². The fourth-order valence-corrected chi connectivity index (χ4v) is 1.65. The van der Waals surface area contributed by atoms with Gasteiger partial charge in [0, 0.05) is 11.7 Å². The highest BCUT2D eigenvalue weighted by Gasteiger charge is 2.11. The van der Waals surface area contributed by atoms with E-state index in [9.17, 15) is 4.79 Å². The molecule has 0 amide bonds. The van der Waals surface area contributed by atoms with Crippen LogP contribution in [0.1, 0.15) is 39.3 Å². The van der Waals surface area contributed by atoms with Crippen LogP contribution in [-0.4, -0.2) is 12.6 Å². The monoisotopic (exact) mass is 247 g/mol. The van der Waals surface area contributed by atoms with E-state index in [1.165, 1.54) is 5.56 Å². The highest BCUT2D eigenvalue weighted by atomic mass is 16.5. The summed E-state index contributed by atoms with van der Waals surface area (Å²) in [7, 11) is 0. The SMILES string of the molecule is CCOC(=O)C(C)=C(C)N[C@H](C)c1ccccc1. The Morgan fingerprint density at radius 2 is 1.89 bits per heavy atom.